The summed E-state index contributed by atoms with van der Waals surface area (Å²) in [5.74, 6) is 0.770. The van der Waals surface area contributed by atoms with Gasteiger partial charge in [-0.25, -0.2) is 10.9 Å². The van der Waals surface area contributed by atoms with E-state index in [1.54, 1.807) is 11.8 Å². The Labute approximate surface area is 105 Å². The topological polar surface area (TPSA) is 53.2 Å². The highest BCUT2D eigenvalue weighted by atomic mass is 32.2. The summed E-state index contributed by atoms with van der Waals surface area (Å²) in [5, 5.41) is 2.90. The Morgan fingerprint density at radius 3 is 2.71 bits per heavy atom. The second kappa shape index (κ2) is 5.86. The molecule has 4 nitrogen and oxygen atoms in total. The highest BCUT2D eigenvalue weighted by molar-refractivity contribution is 7.99. The van der Waals surface area contributed by atoms with Crippen LogP contribution in [-0.2, 0) is 4.79 Å². The van der Waals surface area contributed by atoms with Gasteiger partial charge in [-0.05, 0) is 5.56 Å². The van der Waals surface area contributed by atoms with Crippen LogP contribution in [0, 0.1) is 0 Å². The Bertz CT molecular complexity index is 396. The molecule has 2 rings (SSSR count). The fraction of sp³-hybridized carbons (Fsp3) is 0.250. The van der Waals surface area contributed by atoms with Gasteiger partial charge >= 0.3 is 0 Å². The van der Waals surface area contributed by atoms with E-state index >= 15 is 0 Å². The molecule has 0 radical (unpaired) electrons. The molecular formula is C12H15N3OS. The van der Waals surface area contributed by atoms with Crippen molar-refractivity contribution in [2.45, 2.75) is 11.5 Å². The van der Waals surface area contributed by atoms with Gasteiger partial charge in [0.1, 0.15) is 11.5 Å². The number of hydrogen-bond acceptors (Lipinski definition) is 4. The molecule has 5 heteroatoms. The van der Waals surface area contributed by atoms with Crippen molar-refractivity contribution in [3.63, 3.8) is 0 Å². The maximum Gasteiger partial charge on any atom is 0.244 e. The van der Waals surface area contributed by atoms with Crippen LogP contribution in [0.2, 0.25) is 0 Å². The van der Waals surface area contributed by atoms with Gasteiger partial charge < -0.3 is 5.32 Å². The van der Waals surface area contributed by atoms with Gasteiger partial charge in [0.05, 0.1) is 0 Å². The third kappa shape index (κ3) is 3.09. The number of hydrogen-bond donors (Lipinski definition) is 3. The lowest BCUT2D eigenvalue weighted by Crippen LogP contribution is -2.60. The predicted molar refractivity (Wildman–Crippen MR) is 70.0 cm³/mol. The van der Waals surface area contributed by atoms with E-state index in [2.05, 4.69) is 22.7 Å². The molecule has 1 fully saturated rings. The number of carbonyl (C=O) groups excluding carboxylic acids is 1. The highest BCUT2D eigenvalue weighted by Gasteiger charge is 2.27. The van der Waals surface area contributed by atoms with Crippen LogP contribution < -0.4 is 16.2 Å². The van der Waals surface area contributed by atoms with Crippen molar-refractivity contribution in [2.24, 2.45) is 0 Å². The Morgan fingerprint density at radius 1 is 1.29 bits per heavy atom. The summed E-state index contributed by atoms with van der Waals surface area (Å²) in [6.45, 7) is 3.64. The maximum atomic E-state index is 11.9. The molecule has 1 aromatic rings. The van der Waals surface area contributed by atoms with Gasteiger partial charge in [-0.15, -0.1) is 18.3 Å². The summed E-state index contributed by atoms with van der Waals surface area (Å²) in [4.78, 5) is 11.9. The average Bonchev–Trinajstić information content (AvgIpc) is 2.37. The fourth-order valence-corrected chi connectivity index (χ4v) is 2.28. The quantitative estimate of drug-likeness (QED) is 0.701. The molecule has 0 aliphatic carbocycles. The molecule has 0 saturated carbocycles. The number of carbonyl (C=O) groups is 1. The number of thioether (sulfide) groups is 1. The van der Waals surface area contributed by atoms with Gasteiger partial charge in [-0.2, -0.15) is 0 Å². The smallest absolute Gasteiger partial charge is 0.244 e. The van der Waals surface area contributed by atoms with Crippen molar-refractivity contribution in [3.05, 3.63) is 48.6 Å². The molecule has 1 heterocycles. The molecule has 2 unspecified atom stereocenters. The van der Waals surface area contributed by atoms with E-state index in [1.807, 2.05) is 36.4 Å². The lowest BCUT2D eigenvalue weighted by molar-refractivity contribution is -0.125. The molecule has 1 amide bonds. The summed E-state index contributed by atoms with van der Waals surface area (Å²) in [6, 6.07) is 9.29. The third-order valence-corrected chi connectivity index (χ3v) is 3.41. The first-order valence-electron chi connectivity index (χ1n) is 5.40. The van der Waals surface area contributed by atoms with Crippen LogP contribution in [0.1, 0.15) is 11.6 Å². The van der Waals surface area contributed by atoms with Gasteiger partial charge in [0.15, 0.2) is 0 Å². The fourth-order valence-electron chi connectivity index (χ4n) is 1.60. The number of nitrogens with one attached hydrogen (secondary N) is 3. The van der Waals surface area contributed by atoms with Gasteiger partial charge in [0.25, 0.3) is 0 Å². The van der Waals surface area contributed by atoms with E-state index < -0.39 is 0 Å². The molecule has 2 atom stereocenters. The van der Waals surface area contributed by atoms with Crippen LogP contribution in [0.4, 0.5) is 0 Å². The second-order valence-corrected chi connectivity index (χ2v) is 4.78. The minimum Gasteiger partial charge on any atom is -0.329 e. The van der Waals surface area contributed by atoms with E-state index in [1.165, 1.54) is 0 Å². The highest BCUT2D eigenvalue weighted by Crippen LogP contribution is 2.17. The molecule has 0 aromatic heterocycles. The summed E-state index contributed by atoms with van der Waals surface area (Å²) in [7, 11) is 0. The van der Waals surface area contributed by atoms with E-state index in [9.17, 15) is 4.79 Å². The zero-order valence-electron chi connectivity index (χ0n) is 9.35. The lowest BCUT2D eigenvalue weighted by Gasteiger charge is -2.30. The van der Waals surface area contributed by atoms with Crippen LogP contribution in [0.15, 0.2) is 43.0 Å². The van der Waals surface area contributed by atoms with Gasteiger partial charge in [-0.1, -0.05) is 36.4 Å². The summed E-state index contributed by atoms with van der Waals surface area (Å²) in [5.41, 5.74) is 6.93. The third-order valence-electron chi connectivity index (χ3n) is 2.41. The Morgan fingerprint density at radius 2 is 2.06 bits per heavy atom. The van der Waals surface area contributed by atoms with E-state index in [0.29, 0.717) is 0 Å². The van der Waals surface area contributed by atoms with Crippen molar-refractivity contribution < 1.29 is 4.79 Å². The van der Waals surface area contributed by atoms with Crippen molar-refractivity contribution in [2.75, 3.05) is 5.75 Å². The molecule has 17 heavy (non-hydrogen) atoms. The number of amides is 1. The number of hydrazine groups is 1. The van der Waals surface area contributed by atoms with E-state index in [-0.39, 0.29) is 17.4 Å². The Kier molecular flexibility index (Phi) is 4.19. The van der Waals surface area contributed by atoms with Crippen LogP contribution in [0.5, 0.6) is 0 Å². The normalized spacial score (nSPS) is 24.1. The summed E-state index contributed by atoms with van der Waals surface area (Å²) < 4.78 is 0. The monoisotopic (exact) mass is 249 g/mol. The SMILES string of the molecule is C=CCSC1NNC(c2ccccc2)C(=O)N1. The molecule has 0 spiro atoms. The lowest BCUT2D eigenvalue weighted by atomic mass is 10.1. The van der Waals surface area contributed by atoms with Gasteiger partial charge in [0.2, 0.25) is 5.91 Å². The first-order valence-corrected chi connectivity index (χ1v) is 6.45. The first-order chi connectivity index (χ1) is 8.31. The van der Waals surface area contributed by atoms with Crippen molar-refractivity contribution in [1.29, 1.82) is 0 Å². The first kappa shape index (κ1) is 12.2. The van der Waals surface area contributed by atoms with E-state index in [0.717, 1.165) is 11.3 Å². The molecule has 3 N–H and O–H groups in total. The standard InChI is InChI=1S/C12H15N3OS/c1-2-8-17-12-13-11(16)10(14-15-12)9-6-4-3-5-7-9/h2-7,10,12,14-15H,1,8H2,(H,13,16). The zero-order valence-corrected chi connectivity index (χ0v) is 10.2. The number of benzene rings is 1. The zero-order chi connectivity index (χ0) is 12.1. The van der Waals surface area contributed by atoms with E-state index in [4.69, 9.17) is 0 Å². The Hall–Kier alpha value is -1.30. The molecule has 1 aliphatic heterocycles. The van der Waals surface area contributed by atoms with Crippen LogP contribution in [-0.4, -0.2) is 17.2 Å². The Balaban J connectivity index is 1.97. The summed E-state index contributed by atoms with van der Waals surface area (Å²) >= 11 is 1.57. The molecule has 1 saturated heterocycles. The van der Waals surface area contributed by atoms with Crippen LogP contribution >= 0.6 is 11.8 Å². The van der Waals surface area contributed by atoms with Gasteiger partial charge in [-0.3, -0.25) is 4.79 Å². The minimum atomic E-state index is -0.336. The van der Waals surface area contributed by atoms with Crippen LogP contribution in [0.25, 0.3) is 0 Å². The van der Waals surface area contributed by atoms with Crippen molar-refractivity contribution >= 4 is 17.7 Å². The molecule has 1 aromatic carbocycles. The van der Waals surface area contributed by atoms with Crippen molar-refractivity contribution in [1.82, 2.24) is 16.2 Å². The van der Waals surface area contributed by atoms with Crippen LogP contribution in [0.3, 0.4) is 0 Å². The average molecular weight is 249 g/mol. The van der Waals surface area contributed by atoms with Gasteiger partial charge in [0, 0.05) is 5.75 Å². The minimum absolute atomic E-state index is 0.0171. The predicted octanol–water partition coefficient (Wildman–Crippen LogP) is 1.15. The molecule has 0 bridgehead atoms. The molecular weight excluding hydrogens is 234 g/mol. The second-order valence-electron chi connectivity index (χ2n) is 3.64. The largest absolute Gasteiger partial charge is 0.329 e. The van der Waals surface area contributed by atoms with Crippen molar-refractivity contribution in [3.8, 4) is 0 Å². The molecule has 1 aliphatic rings. The maximum absolute atomic E-state index is 11.9. The summed E-state index contributed by atoms with van der Waals surface area (Å²) in [6.07, 6.45) is 1.81. The molecule has 90 valence electrons. The number of rotatable bonds is 4.